The van der Waals surface area contributed by atoms with Crippen LogP contribution >= 0.6 is 11.8 Å². The minimum atomic E-state index is -0.268. The van der Waals surface area contributed by atoms with E-state index >= 15 is 0 Å². The molecule has 0 saturated carbocycles. The van der Waals surface area contributed by atoms with Gasteiger partial charge in [-0.25, -0.2) is 4.98 Å². The number of allylic oxidation sites excluding steroid dienone is 2. The average molecular weight is 482 g/mol. The van der Waals surface area contributed by atoms with Crippen LogP contribution in [0.1, 0.15) is 25.0 Å². The van der Waals surface area contributed by atoms with Crippen LogP contribution in [-0.2, 0) is 10.2 Å². The number of rotatable bonds is 5. The number of aromatic nitrogens is 2. The fourth-order valence-electron chi connectivity index (χ4n) is 4.82. The zero-order chi connectivity index (χ0) is 24.7. The number of thioether (sulfide) groups is 1. The second kappa shape index (κ2) is 8.86. The highest BCUT2D eigenvalue weighted by atomic mass is 32.2. The Bertz CT molecular complexity index is 1550. The van der Waals surface area contributed by atoms with Gasteiger partial charge in [-0.1, -0.05) is 74.1 Å². The molecule has 0 saturated heterocycles. The molecule has 1 aromatic heterocycles. The van der Waals surface area contributed by atoms with Crippen LogP contribution in [0.15, 0.2) is 94.5 Å². The number of anilines is 1. The highest BCUT2D eigenvalue weighted by molar-refractivity contribution is 7.99. The van der Waals surface area contributed by atoms with Crippen molar-refractivity contribution in [3.63, 3.8) is 0 Å². The first-order valence-electron chi connectivity index (χ1n) is 11.6. The maximum absolute atomic E-state index is 13.5. The average Bonchev–Trinajstić information content (AvgIpc) is 3.04. The van der Waals surface area contributed by atoms with E-state index in [9.17, 15) is 9.59 Å². The molecular formula is C29H27N3O2S. The van der Waals surface area contributed by atoms with Crippen LogP contribution in [0.25, 0.3) is 16.6 Å². The first-order valence-corrected chi connectivity index (χ1v) is 12.6. The van der Waals surface area contributed by atoms with Crippen LogP contribution in [0.4, 0.5) is 5.69 Å². The van der Waals surface area contributed by atoms with Crippen molar-refractivity contribution >= 4 is 34.1 Å². The third-order valence-electron chi connectivity index (χ3n) is 6.68. The van der Waals surface area contributed by atoms with E-state index in [-0.39, 0.29) is 22.5 Å². The third-order valence-corrected chi connectivity index (χ3v) is 7.64. The van der Waals surface area contributed by atoms with Gasteiger partial charge in [-0.05, 0) is 42.3 Å². The summed E-state index contributed by atoms with van der Waals surface area (Å²) in [5.74, 6) is 0.164. The van der Waals surface area contributed by atoms with Gasteiger partial charge in [-0.2, -0.15) is 0 Å². The van der Waals surface area contributed by atoms with Crippen LogP contribution in [0.2, 0.25) is 0 Å². The summed E-state index contributed by atoms with van der Waals surface area (Å²) in [6.45, 7) is 6.25. The van der Waals surface area contributed by atoms with Crippen molar-refractivity contribution < 1.29 is 4.79 Å². The minimum absolute atomic E-state index is 0.0172. The number of likely N-dealkylation sites (N-methyl/N-ethyl adjacent to an activating group) is 1. The zero-order valence-corrected chi connectivity index (χ0v) is 21.1. The predicted molar refractivity (Wildman–Crippen MR) is 144 cm³/mol. The number of carbonyl (C=O) groups is 1. The highest BCUT2D eigenvalue weighted by Crippen LogP contribution is 2.46. The summed E-state index contributed by atoms with van der Waals surface area (Å²) in [5, 5.41) is 1.07. The van der Waals surface area contributed by atoms with Crippen LogP contribution < -0.4 is 10.5 Å². The topological polar surface area (TPSA) is 55.2 Å². The van der Waals surface area contributed by atoms with Crippen molar-refractivity contribution in [2.45, 2.75) is 31.3 Å². The Morgan fingerprint density at radius 1 is 0.971 bits per heavy atom. The first kappa shape index (κ1) is 23.1. The fourth-order valence-corrected chi connectivity index (χ4v) is 5.65. The molecule has 0 amide bonds. The molecule has 0 unspecified atom stereocenters. The number of hydrogen-bond acceptors (Lipinski definition) is 5. The van der Waals surface area contributed by atoms with Gasteiger partial charge in [0.2, 0.25) is 0 Å². The van der Waals surface area contributed by atoms with E-state index in [0.29, 0.717) is 16.1 Å². The number of aryl methyl sites for hydroxylation is 1. The van der Waals surface area contributed by atoms with Gasteiger partial charge in [0.25, 0.3) is 5.56 Å². The summed E-state index contributed by atoms with van der Waals surface area (Å²) in [6.07, 6.45) is 1.74. The van der Waals surface area contributed by atoms with Crippen molar-refractivity contribution in [1.29, 1.82) is 0 Å². The Morgan fingerprint density at radius 2 is 1.63 bits per heavy atom. The summed E-state index contributed by atoms with van der Waals surface area (Å²) < 4.78 is 1.63. The van der Waals surface area contributed by atoms with E-state index in [1.165, 1.54) is 17.3 Å². The molecule has 5 rings (SSSR count). The quantitative estimate of drug-likeness (QED) is 0.209. The summed E-state index contributed by atoms with van der Waals surface area (Å²) in [6, 6.07) is 23.3. The van der Waals surface area contributed by atoms with E-state index in [2.05, 4.69) is 30.9 Å². The van der Waals surface area contributed by atoms with Crippen molar-refractivity contribution in [2.24, 2.45) is 0 Å². The van der Waals surface area contributed by atoms with Crippen LogP contribution in [0.3, 0.4) is 0 Å². The molecule has 0 atom stereocenters. The van der Waals surface area contributed by atoms with E-state index in [4.69, 9.17) is 4.98 Å². The minimum Gasteiger partial charge on any atom is -0.347 e. The summed E-state index contributed by atoms with van der Waals surface area (Å²) in [5.41, 5.74) is 5.26. The number of fused-ring (bicyclic) bond motifs is 2. The molecule has 3 aromatic carbocycles. The lowest BCUT2D eigenvalue weighted by atomic mass is 9.83. The second-order valence-corrected chi connectivity index (χ2v) is 10.3. The molecule has 6 heteroatoms. The first-order chi connectivity index (χ1) is 16.8. The van der Waals surface area contributed by atoms with Gasteiger partial charge in [0, 0.05) is 29.9 Å². The fraction of sp³-hybridized carbons (Fsp3) is 0.207. The van der Waals surface area contributed by atoms with Gasteiger partial charge in [0.05, 0.1) is 22.3 Å². The highest BCUT2D eigenvalue weighted by Gasteiger charge is 2.38. The number of para-hydroxylation sites is 3. The van der Waals surface area contributed by atoms with Crippen molar-refractivity contribution in [2.75, 3.05) is 17.7 Å². The standard InChI is InChI=1S/C29H27N3O2S/c1-19-11-5-9-15-24(19)32-27(34)21-12-6-8-14-23(21)30-28(32)35-18-20(33)17-26-29(2,3)22-13-7-10-16-25(22)31(26)4/h5-17H,18H2,1-4H3. The molecule has 0 aliphatic carbocycles. The smallest absolute Gasteiger partial charge is 0.266 e. The Kier molecular flexibility index (Phi) is 5.85. The van der Waals surface area contributed by atoms with Gasteiger partial charge >= 0.3 is 0 Å². The van der Waals surface area contributed by atoms with Gasteiger partial charge in [0.1, 0.15) is 0 Å². The number of hydrogen-bond donors (Lipinski definition) is 0. The molecule has 0 fully saturated rings. The third kappa shape index (κ3) is 3.98. The lowest BCUT2D eigenvalue weighted by Gasteiger charge is -2.24. The molecule has 35 heavy (non-hydrogen) atoms. The van der Waals surface area contributed by atoms with Crippen molar-refractivity contribution in [3.8, 4) is 5.69 Å². The predicted octanol–water partition coefficient (Wildman–Crippen LogP) is 5.67. The lowest BCUT2D eigenvalue weighted by molar-refractivity contribution is -0.112. The molecule has 0 spiro atoms. The molecular weight excluding hydrogens is 454 g/mol. The van der Waals surface area contributed by atoms with Crippen molar-refractivity contribution in [1.82, 2.24) is 9.55 Å². The van der Waals surface area contributed by atoms with E-state index in [1.807, 2.05) is 68.6 Å². The molecule has 0 N–H and O–H groups in total. The maximum atomic E-state index is 13.5. The lowest BCUT2D eigenvalue weighted by Crippen LogP contribution is -2.24. The Hall–Kier alpha value is -3.64. The number of carbonyl (C=O) groups excluding carboxylic acids is 1. The van der Waals surface area contributed by atoms with Gasteiger partial charge in [-0.15, -0.1) is 0 Å². The molecule has 1 aliphatic rings. The number of nitrogens with zero attached hydrogens (tertiary/aromatic N) is 3. The summed E-state index contributed by atoms with van der Waals surface area (Å²) in [4.78, 5) is 33.5. The van der Waals surface area contributed by atoms with Crippen LogP contribution in [0, 0.1) is 6.92 Å². The van der Waals surface area contributed by atoms with Gasteiger partial charge in [-0.3, -0.25) is 14.2 Å². The molecule has 5 nitrogen and oxygen atoms in total. The Labute approximate surface area is 209 Å². The van der Waals surface area contributed by atoms with Crippen LogP contribution in [-0.4, -0.2) is 28.1 Å². The zero-order valence-electron chi connectivity index (χ0n) is 20.3. The van der Waals surface area contributed by atoms with Gasteiger partial charge < -0.3 is 4.90 Å². The van der Waals surface area contributed by atoms with Crippen LogP contribution in [0.5, 0.6) is 0 Å². The summed E-state index contributed by atoms with van der Waals surface area (Å²) in [7, 11) is 2.00. The Balaban J connectivity index is 1.50. The number of ketones is 1. The maximum Gasteiger partial charge on any atom is 0.266 e. The molecule has 4 aromatic rings. The summed E-state index contributed by atoms with van der Waals surface area (Å²) >= 11 is 1.30. The van der Waals surface area contributed by atoms with Gasteiger partial charge in [0.15, 0.2) is 10.9 Å². The molecule has 176 valence electrons. The normalized spacial score (nSPS) is 15.5. The van der Waals surface area contributed by atoms with E-state index < -0.39 is 0 Å². The Morgan fingerprint density at radius 3 is 2.37 bits per heavy atom. The van der Waals surface area contributed by atoms with Crippen molar-refractivity contribution in [3.05, 3.63) is 106 Å². The molecule has 0 radical (unpaired) electrons. The molecule has 0 bridgehead atoms. The molecule has 1 aliphatic heterocycles. The monoisotopic (exact) mass is 481 g/mol. The number of benzene rings is 3. The van der Waals surface area contributed by atoms with E-state index in [1.54, 1.807) is 16.7 Å². The molecule has 2 heterocycles. The SMILES string of the molecule is Cc1ccccc1-n1c(SCC(=O)C=C2N(C)c3ccccc3C2(C)C)nc2ccccc2c1=O. The van der Waals surface area contributed by atoms with E-state index in [0.717, 1.165) is 22.6 Å². The second-order valence-electron chi connectivity index (χ2n) is 9.32. The largest absolute Gasteiger partial charge is 0.347 e.